The highest BCUT2D eigenvalue weighted by molar-refractivity contribution is 5.81. The molecule has 4 rings (SSSR count). The lowest BCUT2D eigenvalue weighted by Gasteiger charge is -2.64. The van der Waals surface area contributed by atoms with Gasteiger partial charge in [-0.3, -0.25) is 0 Å². The van der Waals surface area contributed by atoms with E-state index in [-0.39, 0.29) is 34.9 Å². The minimum absolute atomic E-state index is 0.0897. The van der Waals surface area contributed by atoms with Crippen molar-refractivity contribution in [2.75, 3.05) is 13.7 Å². The van der Waals surface area contributed by atoms with Crippen LogP contribution in [0.15, 0.2) is 0 Å². The Balaban J connectivity index is 1.40. The van der Waals surface area contributed by atoms with Crippen LogP contribution < -0.4 is 5.32 Å². The minimum atomic E-state index is -0.715. The summed E-state index contributed by atoms with van der Waals surface area (Å²) in [5.41, 5.74) is 0.404. The van der Waals surface area contributed by atoms with E-state index in [4.69, 9.17) is 9.47 Å². The van der Waals surface area contributed by atoms with Crippen LogP contribution in [0.4, 0.5) is 4.79 Å². The van der Waals surface area contributed by atoms with Gasteiger partial charge >= 0.3 is 12.1 Å². The van der Waals surface area contributed by atoms with Crippen LogP contribution in [-0.2, 0) is 14.3 Å². The molecule has 0 radical (unpaired) electrons. The zero-order chi connectivity index (χ0) is 28.7. The molecule has 0 aromatic rings. The van der Waals surface area contributed by atoms with Gasteiger partial charge in [-0.1, -0.05) is 48.0 Å². The molecule has 0 bridgehead atoms. The number of esters is 1. The van der Waals surface area contributed by atoms with Crippen LogP contribution in [0.5, 0.6) is 0 Å². The molecule has 4 aliphatic rings. The maximum Gasteiger partial charge on any atom is 0.407 e. The molecule has 0 saturated heterocycles. The summed E-state index contributed by atoms with van der Waals surface area (Å²) in [4.78, 5) is 24.4. The number of carbonyl (C=O) groups excluding carboxylic acids is 2. The van der Waals surface area contributed by atoms with Gasteiger partial charge in [-0.05, 0) is 110 Å². The van der Waals surface area contributed by atoms with Crippen LogP contribution in [0.1, 0.15) is 99.3 Å². The molecule has 4 fully saturated rings. The first-order valence-electron chi connectivity index (χ1n) is 15.8. The highest BCUT2D eigenvalue weighted by Crippen LogP contribution is 2.69. The lowest BCUT2D eigenvalue weighted by molar-refractivity contribution is -0.203. The molecule has 39 heavy (non-hydrogen) atoms. The van der Waals surface area contributed by atoms with Crippen molar-refractivity contribution in [1.82, 2.24) is 5.32 Å². The van der Waals surface area contributed by atoms with Crippen molar-refractivity contribution in [2.24, 2.45) is 58.2 Å². The van der Waals surface area contributed by atoms with Gasteiger partial charge in [0.2, 0.25) is 0 Å². The van der Waals surface area contributed by atoms with E-state index in [0.29, 0.717) is 42.1 Å². The second-order valence-corrected chi connectivity index (χ2v) is 14.4. The van der Waals surface area contributed by atoms with Gasteiger partial charge in [-0.25, -0.2) is 9.59 Å². The summed E-state index contributed by atoms with van der Waals surface area (Å²) in [6.45, 7) is 13.5. The highest BCUT2D eigenvalue weighted by atomic mass is 16.6. The third kappa shape index (κ3) is 5.48. The fraction of sp³-hybridized carbons (Fsp3) is 0.938. The van der Waals surface area contributed by atoms with E-state index in [1.807, 2.05) is 13.8 Å². The molecule has 3 N–H and O–H groups in total. The van der Waals surface area contributed by atoms with Crippen LogP contribution in [-0.4, -0.2) is 54.2 Å². The first kappa shape index (κ1) is 30.6. The molecule has 4 aliphatic carbocycles. The Hall–Kier alpha value is -1.34. The van der Waals surface area contributed by atoms with E-state index in [0.717, 1.165) is 38.5 Å². The molecular weight excluding hydrogens is 494 g/mol. The molecule has 1 amide bonds. The second kappa shape index (κ2) is 11.9. The van der Waals surface area contributed by atoms with Gasteiger partial charge < -0.3 is 25.0 Å². The van der Waals surface area contributed by atoms with Gasteiger partial charge in [0, 0.05) is 0 Å². The molecule has 7 nitrogen and oxygen atoms in total. The Morgan fingerprint density at radius 2 is 1.64 bits per heavy atom. The number of fused-ring (bicyclic) bond motifs is 5. The third-order valence-electron chi connectivity index (χ3n) is 12.4. The predicted octanol–water partition coefficient (Wildman–Crippen LogP) is 5.56. The third-order valence-corrected chi connectivity index (χ3v) is 12.4. The quantitative estimate of drug-likeness (QED) is 0.342. The summed E-state index contributed by atoms with van der Waals surface area (Å²) in [5, 5.41) is 25.1. The number of hydrogen-bond acceptors (Lipinski definition) is 6. The molecule has 0 heterocycles. The summed E-state index contributed by atoms with van der Waals surface area (Å²) < 4.78 is 10.3. The Morgan fingerprint density at radius 3 is 2.28 bits per heavy atom. The number of aliphatic hydroxyl groups excluding tert-OH is 2. The Kier molecular flexibility index (Phi) is 9.32. The number of carbonyl (C=O) groups is 2. The molecule has 7 heteroatoms. The van der Waals surface area contributed by atoms with E-state index in [2.05, 4.69) is 33.0 Å². The van der Waals surface area contributed by atoms with Crippen molar-refractivity contribution in [1.29, 1.82) is 0 Å². The number of amides is 1. The van der Waals surface area contributed by atoms with Crippen molar-refractivity contribution < 1.29 is 29.3 Å². The molecule has 0 spiro atoms. The van der Waals surface area contributed by atoms with Crippen LogP contribution in [0.2, 0.25) is 0 Å². The number of nitrogens with one attached hydrogen (secondary N) is 1. The fourth-order valence-electron chi connectivity index (χ4n) is 10.3. The molecule has 2 unspecified atom stereocenters. The number of ether oxygens (including phenoxy) is 2. The fourth-order valence-corrected chi connectivity index (χ4v) is 10.3. The number of hydrogen-bond donors (Lipinski definition) is 3. The van der Waals surface area contributed by atoms with Gasteiger partial charge in [0.25, 0.3) is 0 Å². The first-order valence-corrected chi connectivity index (χ1v) is 15.8. The lowest BCUT2D eigenvalue weighted by Crippen LogP contribution is -2.62. The predicted molar refractivity (Wildman–Crippen MR) is 151 cm³/mol. The molecule has 0 aromatic heterocycles. The zero-order valence-corrected chi connectivity index (χ0v) is 25.4. The number of aliphatic hydroxyl groups is 2. The van der Waals surface area contributed by atoms with Crippen molar-refractivity contribution >= 4 is 12.1 Å². The second-order valence-electron chi connectivity index (χ2n) is 14.4. The largest absolute Gasteiger partial charge is 0.467 e. The highest BCUT2D eigenvalue weighted by Gasteiger charge is 2.64. The molecule has 12 atom stereocenters. The van der Waals surface area contributed by atoms with Gasteiger partial charge in [0.1, 0.15) is 6.04 Å². The standard InChI is InChI=1S/C32H55NO6/c1-8-21-25-17-20(34)11-14-32(25,6)24-12-15-31(5)22(9-10-23(31)26(24)28(21)35)19(4)13-16-39-30(37)33-27(18(2)3)29(36)38-7/h18-28,34-35H,8-17H2,1-7H3,(H,33,37)/t19-,20-,21-,22?,23+,24?,25+,26+,27+,28-,31-,32-/m1/s1. The van der Waals surface area contributed by atoms with Crippen LogP contribution >= 0.6 is 0 Å². The van der Waals surface area contributed by atoms with E-state index in [1.54, 1.807) is 0 Å². The summed E-state index contributed by atoms with van der Waals surface area (Å²) in [5.74, 6) is 2.49. The average molecular weight is 550 g/mol. The van der Waals surface area contributed by atoms with Crippen molar-refractivity contribution in [3.63, 3.8) is 0 Å². The number of rotatable bonds is 8. The normalized spacial score (nSPS) is 43.0. The summed E-state index contributed by atoms with van der Waals surface area (Å²) >= 11 is 0. The van der Waals surface area contributed by atoms with Crippen molar-refractivity contribution in [3.05, 3.63) is 0 Å². The SMILES string of the molecule is CC[C@H]1[C@@H](O)[C@@H]2C(CC[C@]3(C)C([C@H](C)CCOC(=O)N[C@H](C(=O)OC)C(C)C)CC[C@@H]23)[C@@]2(C)CC[C@@H](O)C[C@@H]12. The average Bonchev–Trinajstić information content (AvgIpc) is 3.25. The van der Waals surface area contributed by atoms with Gasteiger partial charge in [-0.2, -0.15) is 0 Å². The monoisotopic (exact) mass is 549 g/mol. The maximum atomic E-state index is 12.4. The number of methoxy groups -OCH3 is 1. The molecule has 0 aliphatic heterocycles. The van der Waals surface area contributed by atoms with E-state index in [9.17, 15) is 19.8 Å². The van der Waals surface area contributed by atoms with Crippen molar-refractivity contribution in [3.8, 4) is 0 Å². The maximum absolute atomic E-state index is 12.4. The molecule has 224 valence electrons. The van der Waals surface area contributed by atoms with Gasteiger partial charge in [0.15, 0.2) is 0 Å². The number of alkyl carbamates (subject to hydrolysis) is 1. The van der Waals surface area contributed by atoms with Crippen molar-refractivity contribution in [2.45, 2.75) is 118 Å². The van der Waals surface area contributed by atoms with E-state index in [1.165, 1.54) is 26.4 Å². The van der Waals surface area contributed by atoms with E-state index >= 15 is 0 Å². The molecule has 0 aromatic carbocycles. The Bertz CT molecular complexity index is 879. The Labute approximate surface area is 236 Å². The van der Waals surface area contributed by atoms with Crippen LogP contribution in [0.3, 0.4) is 0 Å². The molecular formula is C32H55NO6. The minimum Gasteiger partial charge on any atom is -0.467 e. The summed E-state index contributed by atoms with van der Waals surface area (Å²) in [6.07, 6.45) is 8.22. The Morgan fingerprint density at radius 1 is 0.974 bits per heavy atom. The smallest absolute Gasteiger partial charge is 0.407 e. The van der Waals surface area contributed by atoms with E-state index < -0.39 is 18.1 Å². The molecule has 4 saturated carbocycles. The summed E-state index contributed by atoms with van der Waals surface area (Å²) in [6, 6.07) is -0.715. The van der Waals surface area contributed by atoms with Gasteiger partial charge in [0.05, 0.1) is 25.9 Å². The topological polar surface area (TPSA) is 105 Å². The summed E-state index contributed by atoms with van der Waals surface area (Å²) in [7, 11) is 1.32. The first-order chi connectivity index (χ1) is 18.4. The van der Waals surface area contributed by atoms with Crippen LogP contribution in [0.25, 0.3) is 0 Å². The zero-order valence-electron chi connectivity index (χ0n) is 25.4. The lowest BCUT2D eigenvalue weighted by atomic mass is 9.41. The van der Waals surface area contributed by atoms with Crippen LogP contribution in [0, 0.1) is 58.2 Å². The van der Waals surface area contributed by atoms with Gasteiger partial charge in [-0.15, -0.1) is 0 Å².